The van der Waals surface area contributed by atoms with E-state index >= 15 is 0 Å². The second-order valence-corrected chi connectivity index (χ2v) is 21.8. The molecule has 0 unspecified atom stereocenters. The van der Waals surface area contributed by atoms with Crippen molar-refractivity contribution in [2.24, 2.45) is 23.7 Å². The predicted molar refractivity (Wildman–Crippen MR) is 352 cm³/mol. The monoisotopic (exact) mass is 1270 g/mol. The average Bonchev–Trinajstić information content (AvgIpc) is 2.43. The molecule has 20 heteroatoms. The lowest BCUT2D eigenvalue weighted by Crippen LogP contribution is -2.16. The van der Waals surface area contributed by atoms with Crippen LogP contribution in [-0.2, 0) is 56.8 Å². The summed E-state index contributed by atoms with van der Waals surface area (Å²) >= 11 is 0. The molecule has 0 heterocycles. The van der Waals surface area contributed by atoms with Crippen molar-refractivity contribution in [2.45, 2.75) is 81.1 Å². The maximum absolute atomic E-state index is 12.5. The van der Waals surface area contributed by atoms with Crippen molar-refractivity contribution in [2.75, 3.05) is 206 Å². The van der Waals surface area contributed by atoms with E-state index in [0.717, 1.165) is 54.2 Å². The number of benzene rings is 3. The Labute approximate surface area is 538 Å². The van der Waals surface area contributed by atoms with Crippen molar-refractivity contribution in [3.05, 3.63) is 64.2 Å². The van der Waals surface area contributed by atoms with Gasteiger partial charge in [-0.2, -0.15) is 0 Å². The van der Waals surface area contributed by atoms with Crippen molar-refractivity contribution in [1.82, 2.24) is 0 Å². The summed E-state index contributed by atoms with van der Waals surface area (Å²) in [4.78, 5) is 12.5. The Morgan fingerprint density at radius 1 is 0.289 bits per heavy atom. The molecule has 90 heavy (non-hydrogen) atoms. The van der Waals surface area contributed by atoms with Gasteiger partial charge in [0, 0.05) is 38.0 Å². The van der Waals surface area contributed by atoms with Gasteiger partial charge in [0.25, 0.3) is 0 Å². The zero-order valence-corrected chi connectivity index (χ0v) is 56.5. The van der Waals surface area contributed by atoms with Crippen LogP contribution in [0.2, 0.25) is 0 Å². The first-order valence-electron chi connectivity index (χ1n) is 32.5. The first-order chi connectivity index (χ1) is 44.0. The Morgan fingerprint density at radius 3 is 0.811 bits per heavy atom. The highest BCUT2D eigenvalue weighted by atomic mass is 16.6. The first kappa shape index (κ1) is 79.2. The van der Waals surface area contributed by atoms with Crippen LogP contribution in [0.1, 0.15) is 114 Å². The fraction of sp³-hybridized carbons (Fsp3) is 0.671. The summed E-state index contributed by atoms with van der Waals surface area (Å²) in [6.07, 6.45) is 12.6. The van der Waals surface area contributed by atoms with Gasteiger partial charge < -0.3 is 90.0 Å². The minimum Gasteiger partial charge on any atom is -0.493 e. The van der Waals surface area contributed by atoms with Gasteiger partial charge in [0.2, 0.25) is 5.75 Å². The van der Waals surface area contributed by atoms with Crippen LogP contribution in [0.5, 0.6) is 40.2 Å². The number of hydrogen-bond donors (Lipinski definition) is 0. The van der Waals surface area contributed by atoms with Gasteiger partial charge in [-0.3, -0.25) is 4.79 Å². The molecule has 0 aliphatic heterocycles. The minimum atomic E-state index is 0.189. The second kappa shape index (κ2) is 52.4. The summed E-state index contributed by atoms with van der Waals surface area (Å²) in [6.45, 7) is 28.7. The van der Waals surface area contributed by atoms with Crippen LogP contribution in [0.3, 0.4) is 0 Å². The molecule has 3 aromatic rings. The van der Waals surface area contributed by atoms with Crippen LogP contribution < -0.4 is 33.2 Å². The molecule has 512 valence electrons. The summed E-state index contributed by atoms with van der Waals surface area (Å²) < 4.78 is 112. The summed E-state index contributed by atoms with van der Waals surface area (Å²) in [5.74, 6) is 4.89. The number of carbonyl (C=O) groups excluding carboxylic acids is 1. The van der Waals surface area contributed by atoms with Crippen LogP contribution in [0.25, 0.3) is 24.3 Å². The zero-order valence-electron chi connectivity index (χ0n) is 56.5. The van der Waals surface area contributed by atoms with Gasteiger partial charge in [-0.1, -0.05) is 105 Å². The molecule has 3 aromatic carbocycles. The van der Waals surface area contributed by atoms with E-state index in [1.807, 2.05) is 54.6 Å². The summed E-state index contributed by atoms with van der Waals surface area (Å²) in [6, 6.07) is 11.6. The molecule has 0 amide bonds. The highest BCUT2D eigenvalue weighted by Gasteiger charge is 2.19. The largest absolute Gasteiger partial charge is 0.493 e. The lowest BCUT2D eigenvalue weighted by molar-refractivity contribution is -0.00160. The highest BCUT2D eigenvalue weighted by Crippen LogP contribution is 2.41. The molecule has 0 aliphatic carbocycles. The van der Waals surface area contributed by atoms with Crippen LogP contribution in [0.4, 0.5) is 0 Å². The maximum Gasteiger partial charge on any atom is 0.203 e. The average molecular weight is 1270 g/mol. The number of ether oxygens (including phenoxy) is 19. The fourth-order valence-corrected chi connectivity index (χ4v) is 7.66. The molecule has 0 fully saturated rings. The van der Waals surface area contributed by atoms with E-state index in [4.69, 9.17) is 90.0 Å². The third-order valence-electron chi connectivity index (χ3n) is 14.2. The quantitative estimate of drug-likeness (QED) is 0.0294. The van der Waals surface area contributed by atoms with Gasteiger partial charge in [0.15, 0.2) is 17.8 Å². The molecular formula is C70H112O20. The van der Waals surface area contributed by atoms with Gasteiger partial charge in [-0.05, 0) is 65.6 Å². The Bertz CT molecular complexity index is 2280. The molecule has 0 aliphatic rings. The van der Waals surface area contributed by atoms with Crippen molar-refractivity contribution >= 4 is 30.6 Å². The normalized spacial score (nSPS) is 13.0. The zero-order chi connectivity index (χ0) is 65.1. The van der Waals surface area contributed by atoms with Gasteiger partial charge in [0.1, 0.15) is 42.8 Å². The van der Waals surface area contributed by atoms with Gasteiger partial charge in [-0.25, -0.2) is 0 Å². The Kier molecular flexibility index (Phi) is 46.1. The van der Waals surface area contributed by atoms with Crippen molar-refractivity contribution in [3.63, 3.8) is 0 Å². The maximum atomic E-state index is 12.5. The molecule has 0 saturated heterocycles. The Balaban J connectivity index is 2.11. The molecular weight excluding hydrogens is 1160 g/mol. The van der Waals surface area contributed by atoms with Crippen LogP contribution >= 0.6 is 0 Å². The number of aldehydes is 1. The molecule has 0 radical (unpaired) electrons. The lowest BCUT2D eigenvalue weighted by atomic mass is 10.0. The van der Waals surface area contributed by atoms with E-state index in [1.165, 1.54) is 0 Å². The fourth-order valence-electron chi connectivity index (χ4n) is 7.66. The van der Waals surface area contributed by atoms with Crippen LogP contribution in [0.15, 0.2) is 36.4 Å². The lowest BCUT2D eigenvalue weighted by Gasteiger charge is -2.19. The summed E-state index contributed by atoms with van der Waals surface area (Å²) in [7, 11) is 4.92. The predicted octanol–water partition coefficient (Wildman–Crippen LogP) is 11.8. The Hall–Kier alpha value is -5.07. The van der Waals surface area contributed by atoms with E-state index in [-0.39, 0.29) is 51.5 Å². The van der Waals surface area contributed by atoms with E-state index in [2.05, 4.69) is 55.4 Å². The summed E-state index contributed by atoms with van der Waals surface area (Å²) in [5, 5.41) is 0. The van der Waals surface area contributed by atoms with Crippen LogP contribution in [-0.4, -0.2) is 213 Å². The third kappa shape index (κ3) is 35.7. The molecule has 0 N–H and O–H groups in total. The van der Waals surface area contributed by atoms with E-state index < -0.39 is 0 Å². The SMILES string of the molecule is CC[C@H](C)COc1cc(/C=C/c2cc(OC[C@@H](C)CC)c(/C=C/c3cc(OCCOCCOCCOCCOC)c(OCCOCCOCCOCCOC)c(OCCOCCOCCOCCOC)c3)cc2OC[C@@H](C)CC)c(OC[C@@H](C)CC)cc1C=O. The third-order valence-corrected chi connectivity index (χ3v) is 14.2. The van der Waals surface area contributed by atoms with Gasteiger partial charge >= 0.3 is 0 Å². The van der Waals surface area contributed by atoms with E-state index in [1.54, 1.807) is 27.4 Å². The molecule has 3 rings (SSSR count). The smallest absolute Gasteiger partial charge is 0.203 e. The van der Waals surface area contributed by atoms with Crippen molar-refractivity contribution in [3.8, 4) is 40.2 Å². The number of hydrogen-bond acceptors (Lipinski definition) is 20. The van der Waals surface area contributed by atoms with Crippen molar-refractivity contribution in [1.29, 1.82) is 0 Å². The van der Waals surface area contributed by atoms with Crippen molar-refractivity contribution < 1.29 is 94.8 Å². The highest BCUT2D eigenvalue weighted by molar-refractivity contribution is 5.85. The van der Waals surface area contributed by atoms with Gasteiger partial charge in [0.05, 0.1) is 171 Å². The number of methoxy groups -OCH3 is 3. The number of carbonyl (C=O) groups is 1. The first-order valence-corrected chi connectivity index (χ1v) is 32.5. The minimum absolute atomic E-state index is 0.189. The molecule has 0 saturated carbocycles. The van der Waals surface area contributed by atoms with E-state index in [0.29, 0.717) is 203 Å². The molecule has 0 bridgehead atoms. The molecule has 0 aromatic heterocycles. The summed E-state index contributed by atoms with van der Waals surface area (Å²) in [5.41, 5.74) is 3.56. The van der Waals surface area contributed by atoms with E-state index in [9.17, 15) is 4.79 Å². The molecule has 0 spiro atoms. The molecule has 4 atom stereocenters. The topological polar surface area (TPSA) is 192 Å². The van der Waals surface area contributed by atoms with Crippen LogP contribution in [0, 0.1) is 23.7 Å². The standard InChI is InChI=1S/C70H112O20/c1-12-55(5)51-87-64-47-61(18-19-62-48-67(90-54-58(8)15-4)63(50-71)49-66(62)89-53-57(7)14-3)65(88-52-56(6)13-2)46-60(64)17-16-59-44-68(84-41-38-81-35-32-78-29-26-75-23-20-72-9)70(86-43-40-83-37-34-80-31-28-77-25-22-74-11)69(45-59)85-42-39-82-36-33-79-30-27-76-24-21-73-10/h16-19,44-50,55-58H,12-15,20-43,51-54H2,1-11H3/b17-16+,19-18+/t55-,56-,57-,58-/m0/s1. The molecule has 20 nitrogen and oxygen atoms in total. The van der Waals surface area contributed by atoms with Gasteiger partial charge in [-0.15, -0.1) is 0 Å². The number of rotatable bonds is 60. The second-order valence-electron chi connectivity index (χ2n) is 21.8. The Morgan fingerprint density at radius 2 is 0.533 bits per heavy atom.